The largest absolute Gasteiger partial charge is 0.491 e. The van der Waals surface area contributed by atoms with E-state index in [2.05, 4.69) is 52.8 Å². The van der Waals surface area contributed by atoms with Crippen molar-refractivity contribution in [2.24, 2.45) is 0 Å². The summed E-state index contributed by atoms with van der Waals surface area (Å²) < 4.78 is 31.7. The second-order valence-electron chi connectivity index (χ2n) is 10.1. The minimum absolute atomic E-state index is 0.148. The summed E-state index contributed by atoms with van der Waals surface area (Å²) in [7, 11) is 0. The minimum Gasteiger partial charge on any atom is -0.491 e. The van der Waals surface area contributed by atoms with Crippen LogP contribution < -0.4 is 15.4 Å². The first kappa shape index (κ1) is 26.2. The van der Waals surface area contributed by atoms with Crippen LogP contribution in [0, 0.1) is 13.8 Å². The van der Waals surface area contributed by atoms with E-state index in [1.165, 1.54) is 11.3 Å². The molecule has 0 saturated heterocycles. The van der Waals surface area contributed by atoms with Gasteiger partial charge in [0, 0.05) is 48.0 Å². The third kappa shape index (κ3) is 5.41. The molecule has 0 fully saturated rings. The predicted octanol–water partition coefficient (Wildman–Crippen LogP) is 6.46. The van der Waals surface area contributed by atoms with Gasteiger partial charge in [-0.25, -0.2) is 28.7 Å². The highest BCUT2D eigenvalue weighted by Gasteiger charge is 2.25. The Balaban J connectivity index is 1.51. The maximum atomic E-state index is 12.7. The number of aryl methyl sites for hydroxylation is 3. The van der Waals surface area contributed by atoms with Crippen LogP contribution in [0.2, 0.25) is 0 Å². The lowest BCUT2D eigenvalue weighted by atomic mass is 9.99. The van der Waals surface area contributed by atoms with Crippen molar-refractivity contribution in [1.82, 2.24) is 19.9 Å². The zero-order valence-corrected chi connectivity index (χ0v) is 22.9. The van der Waals surface area contributed by atoms with Gasteiger partial charge in [0.15, 0.2) is 5.13 Å². The molecule has 3 aromatic heterocycles. The Morgan fingerprint density at radius 1 is 1.11 bits per heavy atom. The summed E-state index contributed by atoms with van der Waals surface area (Å²) in [5.74, 6) is 2.57. The first-order valence-electron chi connectivity index (χ1n) is 12.9. The summed E-state index contributed by atoms with van der Waals surface area (Å²) in [6.45, 7) is 10.1. The predicted molar refractivity (Wildman–Crippen MR) is 148 cm³/mol. The number of halogens is 2. The van der Waals surface area contributed by atoms with Crippen molar-refractivity contribution >= 4 is 32.6 Å². The summed E-state index contributed by atoms with van der Waals surface area (Å²) in [4.78, 5) is 21.6. The molecule has 0 saturated carbocycles. The second-order valence-corrected chi connectivity index (χ2v) is 11.1. The number of alkyl halides is 2. The number of rotatable bonds is 7. The monoisotopic (exact) mass is 538 g/mol. The molecule has 0 aliphatic carbocycles. The molecule has 0 amide bonds. The Morgan fingerprint density at radius 3 is 2.68 bits per heavy atom. The van der Waals surface area contributed by atoms with E-state index >= 15 is 0 Å². The molecule has 1 aliphatic heterocycles. The van der Waals surface area contributed by atoms with Gasteiger partial charge in [0.2, 0.25) is 6.43 Å². The van der Waals surface area contributed by atoms with Gasteiger partial charge < -0.3 is 15.4 Å². The van der Waals surface area contributed by atoms with Crippen LogP contribution in [-0.4, -0.2) is 39.5 Å². The van der Waals surface area contributed by atoms with Gasteiger partial charge >= 0.3 is 0 Å². The van der Waals surface area contributed by atoms with E-state index in [1.54, 1.807) is 0 Å². The zero-order valence-electron chi connectivity index (χ0n) is 22.1. The Kier molecular flexibility index (Phi) is 7.43. The average molecular weight is 539 g/mol. The molecule has 1 aliphatic rings. The fourth-order valence-corrected chi connectivity index (χ4v) is 5.78. The maximum Gasteiger partial charge on any atom is 0.238 e. The van der Waals surface area contributed by atoms with E-state index in [1.807, 2.05) is 19.2 Å². The summed E-state index contributed by atoms with van der Waals surface area (Å²) in [5, 5.41) is 0.501. The number of aromatic nitrogens is 4. The van der Waals surface area contributed by atoms with Crippen LogP contribution in [0.1, 0.15) is 60.8 Å². The minimum atomic E-state index is -2.31. The van der Waals surface area contributed by atoms with Crippen LogP contribution >= 0.6 is 11.3 Å². The van der Waals surface area contributed by atoms with Crippen LogP contribution in [0.5, 0.6) is 5.75 Å². The van der Waals surface area contributed by atoms with Crippen molar-refractivity contribution in [2.45, 2.75) is 65.8 Å². The second kappa shape index (κ2) is 10.8. The van der Waals surface area contributed by atoms with Crippen molar-refractivity contribution in [3.63, 3.8) is 0 Å². The number of fused-ring (bicyclic) bond motifs is 2. The van der Waals surface area contributed by atoms with Crippen molar-refractivity contribution in [2.75, 3.05) is 23.8 Å². The molecule has 5 rings (SSSR count). The molecular weight excluding hydrogens is 506 g/mol. The maximum absolute atomic E-state index is 12.7. The Labute approximate surface area is 225 Å². The van der Waals surface area contributed by atoms with Gasteiger partial charge in [0.05, 0.1) is 6.54 Å². The highest BCUT2D eigenvalue weighted by molar-refractivity contribution is 7.21. The molecule has 0 unspecified atom stereocenters. The topological polar surface area (TPSA) is 90.0 Å². The smallest absolute Gasteiger partial charge is 0.238 e. The van der Waals surface area contributed by atoms with Crippen LogP contribution in [0.15, 0.2) is 24.4 Å². The number of thiazole rings is 1. The summed E-state index contributed by atoms with van der Waals surface area (Å²) >= 11 is 1.37. The molecule has 2 N–H and O–H groups in total. The summed E-state index contributed by atoms with van der Waals surface area (Å²) in [5.41, 5.74) is 12.7. The molecule has 4 aromatic rings. The highest BCUT2D eigenvalue weighted by atomic mass is 32.1. The number of benzene rings is 1. The van der Waals surface area contributed by atoms with Crippen LogP contribution in [0.4, 0.5) is 19.7 Å². The van der Waals surface area contributed by atoms with E-state index in [9.17, 15) is 8.78 Å². The molecule has 1 aromatic carbocycles. The lowest BCUT2D eigenvalue weighted by molar-refractivity contribution is 0.135. The van der Waals surface area contributed by atoms with E-state index in [0.29, 0.717) is 43.5 Å². The van der Waals surface area contributed by atoms with Crippen LogP contribution in [-0.2, 0) is 13.0 Å². The first-order valence-corrected chi connectivity index (χ1v) is 13.7. The van der Waals surface area contributed by atoms with Gasteiger partial charge in [-0.1, -0.05) is 25.2 Å². The molecule has 7 nitrogen and oxygen atoms in total. The lowest BCUT2D eigenvalue weighted by Gasteiger charge is -2.27. The quantitative estimate of drug-likeness (QED) is 0.289. The highest BCUT2D eigenvalue weighted by Crippen LogP contribution is 2.37. The average Bonchev–Trinajstić information content (AvgIpc) is 3.08. The number of hydrogen-bond acceptors (Lipinski definition) is 8. The molecule has 0 bridgehead atoms. The summed E-state index contributed by atoms with van der Waals surface area (Å²) in [6, 6.07) is 6.27. The number of nitrogen functional groups attached to an aromatic ring is 1. The normalized spacial score (nSPS) is 13.7. The van der Waals surface area contributed by atoms with Gasteiger partial charge in [-0.2, -0.15) is 0 Å². The third-order valence-electron chi connectivity index (χ3n) is 6.78. The molecule has 4 heterocycles. The van der Waals surface area contributed by atoms with E-state index < -0.39 is 6.43 Å². The fourth-order valence-electron chi connectivity index (χ4n) is 5.13. The van der Waals surface area contributed by atoms with E-state index in [0.717, 1.165) is 55.4 Å². The van der Waals surface area contributed by atoms with Crippen molar-refractivity contribution < 1.29 is 13.5 Å². The number of hydrogen-bond donors (Lipinski definition) is 1. The number of anilines is 2. The number of ether oxygens (including phenoxy) is 1. The standard InChI is InChI=1S/C28H32F2N6OS/c1-15(2)24-17(4)33-23(7-5-6-22(29)30)35-26(24)36-8-9-37-25-16(3)10-18(11-20(25)14-36)19-12-21-27(32-13-19)38-28(31)34-21/h10-13,15,22H,5-9,14H2,1-4H3,(H2,31,34). The SMILES string of the molecule is Cc1cc(-c2cnc3sc(N)nc3c2)cc2c1OCCN(c1nc(CCCC(F)F)nc(C)c1C(C)C)C2. The van der Waals surface area contributed by atoms with Crippen molar-refractivity contribution in [1.29, 1.82) is 0 Å². The zero-order chi connectivity index (χ0) is 27.0. The van der Waals surface area contributed by atoms with Gasteiger partial charge in [0.1, 0.15) is 34.3 Å². The fraction of sp³-hybridized carbons (Fsp3) is 0.429. The van der Waals surface area contributed by atoms with Gasteiger partial charge in [-0.05, 0) is 55.5 Å². The Bertz CT molecular complexity index is 1470. The molecule has 0 radical (unpaired) electrons. The van der Waals surface area contributed by atoms with Crippen LogP contribution in [0.3, 0.4) is 0 Å². The third-order valence-corrected chi connectivity index (χ3v) is 7.59. The first-order chi connectivity index (χ1) is 18.2. The van der Waals surface area contributed by atoms with E-state index in [4.69, 9.17) is 15.5 Å². The Morgan fingerprint density at radius 2 is 1.92 bits per heavy atom. The van der Waals surface area contributed by atoms with Crippen molar-refractivity contribution in [3.8, 4) is 16.9 Å². The molecule has 10 heteroatoms. The molecular formula is C28H32F2N6OS. The number of nitrogens with zero attached hydrogens (tertiary/aromatic N) is 5. The molecule has 200 valence electrons. The Hall–Kier alpha value is -3.40. The number of pyridine rings is 1. The lowest BCUT2D eigenvalue weighted by Crippen LogP contribution is -2.28. The number of nitrogens with two attached hydrogens (primary N) is 1. The van der Waals surface area contributed by atoms with Crippen molar-refractivity contribution in [3.05, 3.63) is 52.6 Å². The van der Waals surface area contributed by atoms with Gasteiger partial charge in [-0.3, -0.25) is 0 Å². The molecule has 0 spiro atoms. The molecule has 0 atom stereocenters. The van der Waals surface area contributed by atoms with Gasteiger partial charge in [0.25, 0.3) is 0 Å². The van der Waals surface area contributed by atoms with Gasteiger partial charge in [-0.15, -0.1) is 0 Å². The van der Waals surface area contributed by atoms with E-state index in [-0.39, 0.29) is 12.3 Å². The summed E-state index contributed by atoms with van der Waals surface area (Å²) in [6.07, 6.45) is 0.176. The molecule has 38 heavy (non-hydrogen) atoms. The van der Waals surface area contributed by atoms with Crippen LogP contribution in [0.25, 0.3) is 21.5 Å².